The van der Waals surface area contributed by atoms with Gasteiger partial charge in [-0.25, -0.2) is 4.79 Å². The number of fused-ring (bicyclic) bond motifs is 1. The van der Waals surface area contributed by atoms with E-state index in [-0.39, 0.29) is 6.54 Å². The van der Waals surface area contributed by atoms with Gasteiger partial charge in [-0.2, -0.15) is 9.48 Å². The molecule has 0 saturated heterocycles. The first-order valence-electron chi connectivity index (χ1n) is 5.96. The number of allylic oxidation sites excluding steroid dienone is 1. The lowest BCUT2D eigenvalue weighted by molar-refractivity contribution is -0.408. The van der Waals surface area contributed by atoms with Crippen LogP contribution in [0.25, 0.3) is 0 Å². The van der Waals surface area contributed by atoms with Crippen LogP contribution in [0, 0.1) is 5.92 Å². The molecule has 0 fully saturated rings. The van der Waals surface area contributed by atoms with Gasteiger partial charge in [0.1, 0.15) is 12.0 Å². The van der Waals surface area contributed by atoms with Crippen molar-refractivity contribution in [2.24, 2.45) is 10.9 Å². The van der Waals surface area contributed by atoms with Gasteiger partial charge >= 0.3 is 11.9 Å². The smallest absolute Gasteiger partial charge is 0.446 e. The molecule has 106 valence electrons. The number of carbonyl (C=O) groups is 3. The van der Waals surface area contributed by atoms with E-state index in [0.29, 0.717) is 11.6 Å². The summed E-state index contributed by atoms with van der Waals surface area (Å²) in [5.74, 6) is -1.05. The zero-order valence-corrected chi connectivity index (χ0v) is 11.4. The Hall–Kier alpha value is -2.51. The summed E-state index contributed by atoms with van der Waals surface area (Å²) >= 11 is 0. The molecule has 0 aliphatic carbocycles. The number of imide groups is 1. The second kappa shape index (κ2) is 5.24. The Kier molecular flexibility index (Phi) is 3.64. The number of carbonyl (C=O) groups excluding carboxylic acids is 3. The van der Waals surface area contributed by atoms with Crippen molar-refractivity contribution in [3.8, 4) is 0 Å². The SMILES string of the molecule is CNC(=O)CN1C(=O)C2C(OC)=CC=NC2=[N+](C)C1=O. The summed E-state index contributed by atoms with van der Waals surface area (Å²) < 4.78 is 6.40. The number of rotatable bonds is 3. The molecule has 2 aliphatic rings. The summed E-state index contributed by atoms with van der Waals surface area (Å²) in [7, 11) is 4.38. The fraction of sp³-hybridized carbons (Fsp3) is 0.417. The number of nitrogens with zero attached hydrogens (tertiary/aromatic N) is 3. The predicted octanol–water partition coefficient (Wildman–Crippen LogP) is -1.03. The summed E-state index contributed by atoms with van der Waals surface area (Å²) in [5.41, 5.74) is 0. The second-order valence-corrected chi connectivity index (χ2v) is 4.28. The highest BCUT2D eigenvalue weighted by molar-refractivity contribution is 6.16. The molecule has 2 rings (SSSR count). The number of hydrogen-bond donors (Lipinski definition) is 1. The molecule has 1 atom stereocenters. The van der Waals surface area contributed by atoms with E-state index in [1.165, 1.54) is 32.0 Å². The second-order valence-electron chi connectivity index (χ2n) is 4.28. The van der Waals surface area contributed by atoms with Crippen molar-refractivity contribution in [1.82, 2.24) is 10.2 Å². The molecule has 0 aromatic rings. The van der Waals surface area contributed by atoms with Crippen LogP contribution in [0.1, 0.15) is 0 Å². The van der Waals surface area contributed by atoms with Crippen LogP contribution in [0.15, 0.2) is 16.8 Å². The van der Waals surface area contributed by atoms with Crippen LogP contribution in [-0.4, -0.2) is 67.1 Å². The van der Waals surface area contributed by atoms with E-state index in [2.05, 4.69) is 10.3 Å². The number of methoxy groups -OCH3 is 1. The van der Waals surface area contributed by atoms with Crippen LogP contribution < -0.4 is 5.32 Å². The van der Waals surface area contributed by atoms with Gasteiger partial charge in [0.15, 0.2) is 12.5 Å². The number of aliphatic imine (C=N–C) groups is 1. The zero-order valence-electron chi connectivity index (χ0n) is 11.4. The molecule has 4 amide bonds. The predicted molar refractivity (Wildman–Crippen MR) is 69.4 cm³/mol. The lowest BCUT2D eigenvalue weighted by Gasteiger charge is -2.27. The maximum atomic E-state index is 12.4. The minimum atomic E-state index is -0.794. The van der Waals surface area contributed by atoms with Crippen molar-refractivity contribution in [3.05, 3.63) is 11.8 Å². The summed E-state index contributed by atoms with van der Waals surface area (Å²) in [6, 6.07) is -0.584. The Morgan fingerprint density at radius 1 is 1.55 bits per heavy atom. The number of dihydropyridines is 1. The molecule has 0 saturated carbocycles. The fourth-order valence-electron chi connectivity index (χ4n) is 2.08. The Balaban J connectivity index is 2.43. The molecular formula is C12H15N4O4+. The van der Waals surface area contributed by atoms with Crippen LogP contribution in [0.3, 0.4) is 0 Å². The first kappa shape index (κ1) is 13.9. The largest absolute Gasteiger partial charge is 0.499 e. The van der Waals surface area contributed by atoms with Gasteiger partial charge in [-0.1, -0.05) is 0 Å². The lowest BCUT2D eigenvalue weighted by atomic mass is 9.99. The van der Waals surface area contributed by atoms with Gasteiger partial charge in [0, 0.05) is 13.1 Å². The van der Waals surface area contributed by atoms with E-state index >= 15 is 0 Å². The maximum Gasteiger partial charge on any atom is 0.446 e. The van der Waals surface area contributed by atoms with Gasteiger partial charge in [0.2, 0.25) is 0 Å². The fourth-order valence-corrected chi connectivity index (χ4v) is 2.08. The summed E-state index contributed by atoms with van der Waals surface area (Å²) in [5, 5.41) is 2.38. The van der Waals surface area contributed by atoms with Crippen LogP contribution in [0.2, 0.25) is 0 Å². The Labute approximate surface area is 115 Å². The number of likely N-dealkylation sites (N-methyl/N-ethyl adjacent to an activating group) is 1. The van der Waals surface area contributed by atoms with Gasteiger partial charge in [-0.3, -0.25) is 9.59 Å². The van der Waals surface area contributed by atoms with E-state index in [9.17, 15) is 14.4 Å². The van der Waals surface area contributed by atoms with Crippen LogP contribution in [0.4, 0.5) is 4.79 Å². The minimum absolute atomic E-state index is 0.299. The molecule has 8 nitrogen and oxygen atoms in total. The first-order chi connectivity index (χ1) is 9.51. The minimum Gasteiger partial charge on any atom is -0.499 e. The van der Waals surface area contributed by atoms with Crippen LogP contribution in [0.5, 0.6) is 0 Å². The number of amides is 4. The molecule has 20 heavy (non-hydrogen) atoms. The van der Waals surface area contributed by atoms with E-state index in [1.54, 1.807) is 6.08 Å². The quantitative estimate of drug-likeness (QED) is 0.668. The molecule has 0 radical (unpaired) electrons. The number of nitrogens with one attached hydrogen (secondary N) is 1. The zero-order chi connectivity index (χ0) is 14.9. The molecule has 0 aromatic carbocycles. The highest BCUT2D eigenvalue weighted by Crippen LogP contribution is 2.24. The third-order valence-electron chi connectivity index (χ3n) is 3.18. The van der Waals surface area contributed by atoms with Crippen molar-refractivity contribution in [3.63, 3.8) is 0 Å². The van der Waals surface area contributed by atoms with Crippen molar-refractivity contribution in [2.75, 3.05) is 27.7 Å². The van der Waals surface area contributed by atoms with E-state index in [4.69, 9.17) is 4.74 Å². The number of ether oxygens (including phenoxy) is 1. The lowest BCUT2D eigenvalue weighted by Crippen LogP contribution is -2.56. The van der Waals surface area contributed by atoms with Crippen molar-refractivity contribution < 1.29 is 23.7 Å². The normalized spacial score (nSPS) is 21.6. The Bertz CT molecular complexity index is 576. The summed E-state index contributed by atoms with van der Waals surface area (Å²) in [4.78, 5) is 40.9. The number of hydrogen-bond acceptors (Lipinski definition) is 5. The van der Waals surface area contributed by atoms with Crippen molar-refractivity contribution in [1.29, 1.82) is 0 Å². The van der Waals surface area contributed by atoms with Crippen LogP contribution in [-0.2, 0) is 14.3 Å². The first-order valence-corrected chi connectivity index (χ1v) is 5.96. The Morgan fingerprint density at radius 3 is 2.85 bits per heavy atom. The standard InChI is InChI=1S/C12H14N4O4/c1-13-8(17)6-16-11(18)9-7(20-3)4-5-14-10(9)15(2)12(16)19/h4-5,9H,6H2,1-3H3/p+1. The van der Waals surface area contributed by atoms with Crippen molar-refractivity contribution >= 4 is 29.9 Å². The average Bonchev–Trinajstić information content (AvgIpc) is 2.48. The molecule has 2 aliphatic heterocycles. The molecule has 0 bridgehead atoms. The topological polar surface area (TPSA) is 91.1 Å². The number of urea groups is 1. The van der Waals surface area contributed by atoms with E-state index in [0.717, 1.165) is 4.90 Å². The molecule has 1 N–H and O–H groups in total. The molecule has 8 heteroatoms. The summed E-state index contributed by atoms with van der Waals surface area (Å²) in [6.45, 7) is -0.330. The highest BCUT2D eigenvalue weighted by atomic mass is 16.5. The van der Waals surface area contributed by atoms with Gasteiger partial charge in [0.25, 0.3) is 11.7 Å². The van der Waals surface area contributed by atoms with Crippen molar-refractivity contribution in [2.45, 2.75) is 0 Å². The molecule has 0 spiro atoms. The third kappa shape index (κ3) is 2.09. The maximum absolute atomic E-state index is 12.4. The van der Waals surface area contributed by atoms with Crippen LogP contribution >= 0.6 is 0 Å². The highest BCUT2D eigenvalue weighted by Gasteiger charge is 2.49. The molecule has 0 aromatic heterocycles. The van der Waals surface area contributed by atoms with Gasteiger partial charge in [-0.05, 0) is 0 Å². The van der Waals surface area contributed by atoms with Gasteiger partial charge in [0.05, 0.1) is 14.2 Å². The average molecular weight is 279 g/mol. The van der Waals surface area contributed by atoms with E-state index < -0.39 is 23.8 Å². The van der Waals surface area contributed by atoms with E-state index in [1.807, 2.05) is 0 Å². The third-order valence-corrected chi connectivity index (χ3v) is 3.18. The monoisotopic (exact) mass is 279 g/mol. The van der Waals surface area contributed by atoms with Gasteiger partial charge in [-0.15, -0.1) is 4.99 Å². The van der Waals surface area contributed by atoms with Gasteiger partial charge < -0.3 is 10.1 Å². The number of amidine groups is 1. The molecule has 2 heterocycles. The molecule has 1 unspecified atom stereocenters. The molecular weight excluding hydrogens is 264 g/mol. The summed E-state index contributed by atoms with van der Waals surface area (Å²) in [6.07, 6.45) is 3.03. The Morgan fingerprint density at radius 2 is 2.25 bits per heavy atom.